The molecule has 0 aliphatic heterocycles. The summed E-state index contributed by atoms with van der Waals surface area (Å²) in [6, 6.07) is 5.62. The zero-order valence-electron chi connectivity index (χ0n) is 15.5. The van der Waals surface area contributed by atoms with Crippen LogP contribution >= 0.6 is 0 Å². The topological polar surface area (TPSA) is 104 Å². The summed E-state index contributed by atoms with van der Waals surface area (Å²) in [5.41, 5.74) is 0.0192. The third-order valence-electron chi connectivity index (χ3n) is 3.15. The fraction of sp³-hybridized carbons (Fsp3) is 0.444. The molecule has 27 heavy (non-hydrogen) atoms. The molecular formula is C18H22FN3O5. The highest BCUT2D eigenvalue weighted by Crippen LogP contribution is 2.16. The van der Waals surface area contributed by atoms with Crippen LogP contribution in [0.5, 0.6) is 0 Å². The van der Waals surface area contributed by atoms with Crippen LogP contribution in [0.15, 0.2) is 28.8 Å². The summed E-state index contributed by atoms with van der Waals surface area (Å²) in [4.78, 5) is 27.2. The van der Waals surface area contributed by atoms with E-state index in [4.69, 9.17) is 14.0 Å². The number of nitrogens with one attached hydrogen (secondary N) is 1. The first kappa shape index (κ1) is 20.3. The number of esters is 1. The fourth-order valence-electron chi connectivity index (χ4n) is 1.98. The molecule has 0 bridgehead atoms. The predicted molar refractivity (Wildman–Crippen MR) is 93.0 cm³/mol. The Balaban J connectivity index is 1.67. The van der Waals surface area contributed by atoms with Crippen molar-refractivity contribution in [1.29, 1.82) is 0 Å². The zero-order valence-corrected chi connectivity index (χ0v) is 15.5. The monoisotopic (exact) mass is 379 g/mol. The largest absolute Gasteiger partial charge is 0.456 e. The lowest BCUT2D eigenvalue weighted by atomic mass is 10.2. The minimum Gasteiger partial charge on any atom is -0.456 e. The average Bonchev–Trinajstić information content (AvgIpc) is 3.05. The van der Waals surface area contributed by atoms with Crippen molar-refractivity contribution in [2.75, 3.05) is 6.54 Å². The summed E-state index contributed by atoms with van der Waals surface area (Å²) < 4.78 is 28.0. The van der Waals surface area contributed by atoms with Crippen molar-refractivity contribution >= 4 is 12.1 Å². The van der Waals surface area contributed by atoms with E-state index in [1.54, 1.807) is 20.8 Å². The van der Waals surface area contributed by atoms with Gasteiger partial charge in [-0.05, 0) is 51.5 Å². The van der Waals surface area contributed by atoms with Crippen LogP contribution < -0.4 is 5.32 Å². The van der Waals surface area contributed by atoms with Crippen molar-refractivity contribution in [2.45, 2.75) is 45.8 Å². The molecule has 0 aliphatic carbocycles. The molecule has 1 aromatic carbocycles. The second-order valence-corrected chi connectivity index (χ2v) is 6.71. The van der Waals surface area contributed by atoms with E-state index in [-0.39, 0.29) is 30.6 Å². The second-order valence-electron chi connectivity index (χ2n) is 6.71. The summed E-state index contributed by atoms with van der Waals surface area (Å²) in [6.45, 7) is 5.43. The van der Waals surface area contributed by atoms with Gasteiger partial charge in [0.05, 0.1) is 0 Å². The lowest BCUT2D eigenvalue weighted by molar-refractivity contribution is -0.145. The molecule has 1 amide bonds. The van der Waals surface area contributed by atoms with Crippen molar-refractivity contribution < 1.29 is 28.0 Å². The Morgan fingerprint density at radius 3 is 2.59 bits per heavy atom. The lowest BCUT2D eigenvalue weighted by Crippen LogP contribution is -2.33. The van der Waals surface area contributed by atoms with Gasteiger partial charge >= 0.3 is 12.1 Å². The third-order valence-corrected chi connectivity index (χ3v) is 3.15. The van der Waals surface area contributed by atoms with Crippen LogP contribution in [0, 0.1) is 5.82 Å². The van der Waals surface area contributed by atoms with E-state index in [0.717, 1.165) is 0 Å². The van der Waals surface area contributed by atoms with Gasteiger partial charge in [0, 0.05) is 18.5 Å². The molecule has 9 heteroatoms. The molecular weight excluding hydrogens is 357 g/mol. The number of halogens is 1. The van der Waals surface area contributed by atoms with Gasteiger partial charge in [0.2, 0.25) is 5.82 Å². The van der Waals surface area contributed by atoms with Gasteiger partial charge < -0.3 is 19.3 Å². The Bertz CT molecular complexity index is 768. The molecule has 0 atom stereocenters. The molecule has 0 saturated heterocycles. The lowest BCUT2D eigenvalue weighted by Gasteiger charge is -2.19. The molecule has 1 N–H and O–H groups in total. The maximum Gasteiger partial charge on any atom is 0.407 e. The third kappa shape index (κ3) is 7.43. The predicted octanol–water partition coefficient (Wildman–Crippen LogP) is 3.22. The molecule has 0 saturated carbocycles. The van der Waals surface area contributed by atoms with Gasteiger partial charge in [-0.3, -0.25) is 4.79 Å². The number of nitrogens with zero attached hydrogens (tertiary/aromatic N) is 2. The van der Waals surface area contributed by atoms with E-state index in [9.17, 15) is 14.0 Å². The summed E-state index contributed by atoms with van der Waals surface area (Å²) >= 11 is 0. The van der Waals surface area contributed by atoms with E-state index in [1.165, 1.54) is 24.3 Å². The summed E-state index contributed by atoms with van der Waals surface area (Å²) in [6.07, 6.45) is -0.00707. The van der Waals surface area contributed by atoms with Gasteiger partial charge in [0.25, 0.3) is 5.89 Å². The molecule has 0 spiro atoms. The second kappa shape index (κ2) is 9.11. The number of amides is 1. The van der Waals surface area contributed by atoms with Gasteiger partial charge in [-0.1, -0.05) is 5.16 Å². The normalized spacial score (nSPS) is 11.1. The van der Waals surface area contributed by atoms with Crippen molar-refractivity contribution in [3.05, 3.63) is 36.0 Å². The SMILES string of the molecule is CC(C)(C)OC(=O)NCCCC(=O)OCc1nc(-c2ccc(F)cc2)no1. The number of rotatable bonds is 7. The van der Waals surface area contributed by atoms with Crippen molar-refractivity contribution in [3.8, 4) is 11.4 Å². The maximum absolute atomic E-state index is 12.9. The van der Waals surface area contributed by atoms with Crippen molar-refractivity contribution in [1.82, 2.24) is 15.5 Å². The van der Waals surface area contributed by atoms with Crippen LogP contribution in [-0.4, -0.2) is 34.3 Å². The van der Waals surface area contributed by atoms with E-state index < -0.39 is 17.7 Å². The number of hydrogen-bond acceptors (Lipinski definition) is 7. The van der Waals surface area contributed by atoms with Crippen LogP contribution in [0.1, 0.15) is 39.5 Å². The van der Waals surface area contributed by atoms with Gasteiger partial charge in [-0.25, -0.2) is 9.18 Å². The fourth-order valence-corrected chi connectivity index (χ4v) is 1.98. The molecule has 2 rings (SSSR count). The Labute approximate surface area is 156 Å². The zero-order chi connectivity index (χ0) is 19.9. The minimum absolute atomic E-state index is 0.120. The van der Waals surface area contributed by atoms with Crippen LogP contribution in [0.3, 0.4) is 0 Å². The standard InChI is InChI=1S/C18H22FN3O5/c1-18(2,3)26-17(24)20-10-4-5-15(23)25-11-14-21-16(22-27-14)12-6-8-13(19)9-7-12/h6-9H,4-5,10-11H2,1-3H3,(H,20,24). The molecule has 1 aromatic heterocycles. The Morgan fingerprint density at radius 2 is 1.93 bits per heavy atom. The first-order chi connectivity index (χ1) is 12.7. The summed E-state index contributed by atoms with van der Waals surface area (Å²) in [5.74, 6) is -0.405. The van der Waals surface area contributed by atoms with Gasteiger partial charge in [-0.2, -0.15) is 4.98 Å². The van der Waals surface area contributed by atoms with E-state index in [0.29, 0.717) is 18.5 Å². The summed E-state index contributed by atoms with van der Waals surface area (Å²) in [7, 11) is 0. The van der Waals surface area contributed by atoms with Crippen molar-refractivity contribution in [3.63, 3.8) is 0 Å². The number of hydrogen-bond donors (Lipinski definition) is 1. The van der Waals surface area contributed by atoms with Crippen molar-refractivity contribution in [2.24, 2.45) is 0 Å². The molecule has 8 nitrogen and oxygen atoms in total. The van der Waals surface area contributed by atoms with Gasteiger partial charge in [-0.15, -0.1) is 0 Å². The molecule has 0 unspecified atom stereocenters. The summed E-state index contributed by atoms with van der Waals surface area (Å²) in [5, 5.41) is 6.31. The highest BCUT2D eigenvalue weighted by molar-refractivity contribution is 5.70. The van der Waals surface area contributed by atoms with Gasteiger partial charge in [0.15, 0.2) is 6.61 Å². The molecule has 2 aromatic rings. The number of carbonyl (C=O) groups is 2. The van der Waals surface area contributed by atoms with Crippen LogP contribution in [0.2, 0.25) is 0 Å². The first-order valence-corrected chi connectivity index (χ1v) is 8.44. The number of alkyl carbamates (subject to hydrolysis) is 1. The molecule has 0 fully saturated rings. The molecule has 0 radical (unpaired) electrons. The number of benzene rings is 1. The molecule has 0 aliphatic rings. The Hall–Kier alpha value is -2.97. The van der Waals surface area contributed by atoms with Crippen LogP contribution in [0.25, 0.3) is 11.4 Å². The van der Waals surface area contributed by atoms with E-state index in [1.807, 2.05) is 0 Å². The highest BCUT2D eigenvalue weighted by atomic mass is 19.1. The Kier molecular flexibility index (Phi) is 6.86. The average molecular weight is 379 g/mol. The van der Waals surface area contributed by atoms with Crippen LogP contribution in [-0.2, 0) is 20.9 Å². The molecule has 1 heterocycles. The van der Waals surface area contributed by atoms with Gasteiger partial charge in [0.1, 0.15) is 11.4 Å². The minimum atomic E-state index is -0.570. The van der Waals surface area contributed by atoms with Crippen LogP contribution in [0.4, 0.5) is 9.18 Å². The highest BCUT2D eigenvalue weighted by Gasteiger charge is 2.16. The number of ether oxygens (including phenoxy) is 2. The Morgan fingerprint density at radius 1 is 1.22 bits per heavy atom. The quantitative estimate of drug-likeness (QED) is 0.582. The number of carbonyl (C=O) groups excluding carboxylic acids is 2. The maximum atomic E-state index is 12.9. The molecule has 146 valence electrons. The first-order valence-electron chi connectivity index (χ1n) is 8.44. The van der Waals surface area contributed by atoms with E-state index in [2.05, 4.69) is 15.5 Å². The smallest absolute Gasteiger partial charge is 0.407 e. The van der Waals surface area contributed by atoms with E-state index >= 15 is 0 Å². The number of aromatic nitrogens is 2.